The van der Waals surface area contributed by atoms with Crippen LogP contribution >= 0.6 is 15.9 Å². The first-order chi connectivity index (χ1) is 8.76. The van der Waals surface area contributed by atoms with E-state index < -0.39 is 0 Å². The molecular formula is C15H15BrO2. The lowest BCUT2D eigenvalue weighted by Crippen LogP contribution is -2.04. The second-order valence-electron chi connectivity index (χ2n) is 3.91. The molecule has 0 amide bonds. The highest BCUT2D eigenvalue weighted by atomic mass is 79.9. The van der Waals surface area contributed by atoms with Gasteiger partial charge in [0, 0.05) is 11.6 Å². The van der Waals surface area contributed by atoms with Crippen molar-refractivity contribution < 1.29 is 9.47 Å². The lowest BCUT2D eigenvalue weighted by molar-refractivity contribution is 0.135. The van der Waals surface area contributed by atoms with Gasteiger partial charge in [-0.05, 0) is 29.3 Å². The molecule has 0 aliphatic carbocycles. The van der Waals surface area contributed by atoms with Gasteiger partial charge in [-0.1, -0.05) is 46.3 Å². The Kier molecular flexibility index (Phi) is 4.39. The molecule has 2 rings (SSSR count). The highest BCUT2D eigenvalue weighted by molar-refractivity contribution is 9.10. The smallest absolute Gasteiger partial charge is 0.119 e. The monoisotopic (exact) mass is 306 g/mol. The van der Waals surface area contributed by atoms with Gasteiger partial charge in [0.2, 0.25) is 0 Å². The van der Waals surface area contributed by atoms with E-state index in [2.05, 4.69) is 22.0 Å². The van der Waals surface area contributed by atoms with Crippen LogP contribution in [0.1, 0.15) is 17.2 Å². The number of benzene rings is 2. The second-order valence-corrected chi connectivity index (χ2v) is 4.77. The molecule has 2 nitrogen and oxygen atoms in total. The summed E-state index contributed by atoms with van der Waals surface area (Å²) in [6.07, 6.45) is -0.101. The number of methoxy groups -OCH3 is 2. The molecule has 0 aliphatic heterocycles. The molecule has 0 unspecified atom stereocenters. The minimum absolute atomic E-state index is 0.101. The molecule has 0 radical (unpaired) electrons. The van der Waals surface area contributed by atoms with Crippen molar-refractivity contribution in [1.82, 2.24) is 0 Å². The fourth-order valence-corrected chi connectivity index (χ4v) is 2.43. The molecule has 0 spiro atoms. The maximum atomic E-state index is 5.62. The Balaban J connectivity index is 2.42. The highest BCUT2D eigenvalue weighted by Gasteiger charge is 2.16. The number of hydrogen-bond acceptors (Lipinski definition) is 2. The topological polar surface area (TPSA) is 18.5 Å². The van der Waals surface area contributed by atoms with Crippen LogP contribution in [0.2, 0.25) is 0 Å². The molecule has 2 aromatic rings. The lowest BCUT2D eigenvalue weighted by Gasteiger charge is -2.18. The van der Waals surface area contributed by atoms with Gasteiger partial charge in [-0.25, -0.2) is 0 Å². The van der Waals surface area contributed by atoms with Crippen LogP contribution in [0.5, 0.6) is 5.75 Å². The standard InChI is InChI=1S/C15H15BrO2/c1-17-12-7-5-6-11(10-12)15(18-2)13-8-3-4-9-14(13)16/h3-10,15H,1-2H3/t15-/m1/s1. The van der Waals surface area contributed by atoms with E-state index in [9.17, 15) is 0 Å². The van der Waals surface area contributed by atoms with Crippen LogP contribution in [0.25, 0.3) is 0 Å². The van der Waals surface area contributed by atoms with Crippen LogP contribution in [0.3, 0.4) is 0 Å². The van der Waals surface area contributed by atoms with E-state index in [0.29, 0.717) is 0 Å². The first kappa shape index (κ1) is 13.1. The molecule has 0 aromatic heterocycles. The summed E-state index contributed by atoms with van der Waals surface area (Å²) in [5.41, 5.74) is 2.18. The van der Waals surface area contributed by atoms with Gasteiger partial charge in [-0.15, -0.1) is 0 Å². The molecule has 0 saturated carbocycles. The average molecular weight is 307 g/mol. The normalized spacial score (nSPS) is 12.2. The minimum Gasteiger partial charge on any atom is -0.497 e. The molecule has 0 heterocycles. The first-order valence-electron chi connectivity index (χ1n) is 5.67. The van der Waals surface area contributed by atoms with Crippen LogP contribution in [-0.2, 0) is 4.74 Å². The Hall–Kier alpha value is -1.32. The predicted molar refractivity (Wildman–Crippen MR) is 76.0 cm³/mol. The van der Waals surface area contributed by atoms with E-state index in [-0.39, 0.29) is 6.10 Å². The van der Waals surface area contributed by atoms with E-state index in [4.69, 9.17) is 9.47 Å². The van der Waals surface area contributed by atoms with Gasteiger partial charge in [-0.3, -0.25) is 0 Å². The van der Waals surface area contributed by atoms with Crippen LogP contribution in [0.4, 0.5) is 0 Å². The van der Waals surface area contributed by atoms with E-state index in [0.717, 1.165) is 21.3 Å². The SMILES string of the molecule is COc1cccc([C@@H](OC)c2ccccc2Br)c1. The summed E-state index contributed by atoms with van der Waals surface area (Å²) in [5.74, 6) is 0.835. The van der Waals surface area contributed by atoms with Crippen molar-refractivity contribution in [1.29, 1.82) is 0 Å². The van der Waals surface area contributed by atoms with Gasteiger partial charge >= 0.3 is 0 Å². The number of halogens is 1. The lowest BCUT2D eigenvalue weighted by atomic mass is 10.0. The largest absolute Gasteiger partial charge is 0.497 e. The summed E-state index contributed by atoms with van der Waals surface area (Å²) in [4.78, 5) is 0. The van der Waals surface area contributed by atoms with Gasteiger partial charge in [0.1, 0.15) is 11.9 Å². The Morgan fingerprint density at radius 3 is 2.44 bits per heavy atom. The molecule has 0 fully saturated rings. The van der Waals surface area contributed by atoms with Gasteiger partial charge in [-0.2, -0.15) is 0 Å². The molecule has 94 valence electrons. The van der Waals surface area contributed by atoms with Crippen LogP contribution in [-0.4, -0.2) is 14.2 Å². The fourth-order valence-electron chi connectivity index (χ4n) is 1.93. The molecule has 0 N–H and O–H groups in total. The number of rotatable bonds is 4. The third kappa shape index (κ3) is 2.74. The maximum Gasteiger partial charge on any atom is 0.119 e. The van der Waals surface area contributed by atoms with Crippen molar-refractivity contribution in [2.75, 3.05) is 14.2 Å². The van der Waals surface area contributed by atoms with Crippen molar-refractivity contribution in [3.63, 3.8) is 0 Å². The third-order valence-corrected chi connectivity index (χ3v) is 3.54. The molecule has 2 aromatic carbocycles. The van der Waals surface area contributed by atoms with E-state index in [1.807, 2.05) is 42.5 Å². The van der Waals surface area contributed by atoms with Gasteiger partial charge in [0.25, 0.3) is 0 Å². The second kappa shape index (κ2) is 6.03. The zero-order valence-corrected chi connectivity index (χ0v) is 12.0. The molecule has 0 aliphatic rings. The third-order valence-electron chi connectivity index (χ3n) is 2.82. The van der Waals surface area contributed by atoms with Crippen molar-refractivity contribution in [2.45, 2.75) is 6.10 Å². The fraction of sp³-hybridized carbons (Fsp3) is 0.200. The van der Waals surface area contributed by atoms with Crippen LogP contribution in [0.15, 0.2) is 53.0 Å². The van der Waals surface area contributed by atoms with Crippen LogP contribution in [0, 0.1) is 0 Å². The van der Waals surface area contributed by atoms with Crippen molar-refractivity contribution >= 4 is 15.9 Å². The minimum atomic E-state index is -0.101. The number of hydrogen-bond donors (Lipinski definition) is 0. The predicted octanol–water partition coefficient (Wildman–Crippen LogP) is 4.19. The summed E-state index contributed by atoms with van der Waals surface area (Å²) >= 11 is 3.56. The van der Waals surface area contributed by atoms with Gasteiger partial charge in [0.05, 0.1) is 7.11 Å². The van der Waals surface area contributed by atoms with E-state index in [1.54, 1.807) is 14.2 Å². The zero-order chi connectivity index (χ0) is 13.0. The molecular weight excluding hydrogens is 292 g/mol. The van der Waals surface area contributed by atoms with Crippen LogP contribution < -0.4 is 4.74 Å². The molecule has 1 atom stereocenters. The highest BCUT2D eigenvalue weighted by Crippen LogP contribution is 2.32. The Labute approximate surface area is 116 Å². The molecule has 3 heteroatoms. The first-order valence-corrected chi connectivity index (χ1v) is 6.46. The Morgan fingerprint density at radius 1 is 1.00 bits per heavy atom. The van der Waals surface area contributed by atoms with Crippen molar-refractivity contribution in [3.05, 3.63) is 64.1 Å². The van der Waals surface area contributed by atoms with E-state index >= 15 is 0 Å². The van der Waals surface area contributed by atoms with E-state index in [1.165, 1.54) is 0 Å². The summed E-state index contributed by atoms with van der Waals surface area (Å²) in [5, 5.41) is 0. The maximum absolute atomic E-state index is 5.62. The van der Waals surface area contributed by atoms with Gasteiger partial charge in [0.15, 0.2) is 0 Å². The summed E-state index contributed by atoms with van der Waals surface area (Å²) < 4.78 is 11.9. The number of ether oxygens (including phenoxy) is 2. The zero-order valence-electron chi connectivity index (χ0n) is 10.4. The Bertz CT molecular complexity index is 525. The molecule has 18 heavy (non-hydrogen) atoms. The summed E-state index contributed by atoms with van der Waals surface area (Å²) in [7, 11) is 3.38. The van der Waals surface area contributed by atoms with Crippen molar-refractivity contribution in [3.8, 4) is 5.75 Å². The molecule has 0 bridgehead atoms. The molecule has 0 saturated heterocycles. The van der Waals surface area contributed by atoms with Gasteiger partial charge < -0.3 is 9.47 Å². The summed E-state index contributed by atoms with van der Waals surface area (Å²) in [6.45, 7) is 0. The quantitative estimate of drug-likeness (QED) is 0.843. The van der Waals surface area contributed by atoms with Crippen molar-refractivity contribution in [2.24, 2.45) is 0 Å². The summed E-state index contributed by atoms with van der Waals surface area (Å²) in [6, 6.07) is 16.0. The Morgan fingerprint density at radius 2 is 1.78 bits per heavy atom. The average Bonchev–Trinajstić information content (AvgIpc) is 2.42.